The minimum absolute atomic E-state index is 0.906. The van der Waals surface area contributed by atoms with E-state index in [1.165, 1.54) is 151 Å². The zero-order valence-electron chi connectivity index (χ0n) is 43.8. The van der Waals surface area contributed by atoms with Crippen molar-refractivity contribution in [2.24, 2.45) is 0 Å². The van der Waals surface area contributed by atoms with Crippen molar-refractivity contribution in [2.45, 2.75) is 54.4 Å². The molecule has 4 heteroatoms. The maximum absolute atomic E-state index is 2.56. The van der Waals surface area contributed by atoms with Crippen molar-refractivity contribution in [3.05, 3.63) is 240 Å². The van der Waals surface area contributed by atoms with Gasteiger partial charge in [-0.15, -0.1) is 22.7 Å². The van der Waals surface area contributed by atoms with Crippen LogP contribution >= 0.6 is 22.7 Å². The Morgan fingerprint density at radius 2 is 0.684 bits per heavy atom. The quantitative estimate of drug-likeness (QED) is 0.126. The fraction of sp³-hybridized carbons (Fsp3) is 0.111. The SMILES string of the molecule is CCc1cc(N(c2ccccc2)c2c(C)cc(-c3cccc4c3sc3ccccc34)cc2C)c2ccc3c(CC)cc(N(c4ccccc4)c4c(C)cc(-c5cccc6c5sc5ccccc56)cc4C)c4ccc1c2c34. The summed E-state index contributed by atoms with van der Waals surface area (Å²) in [7, 11) is 0. The molecule has 366 valence electrons. The summed E-state index contributed by atoms with van der Waals surface area (Å²) in [6, 6.07) is 77.7. The molecule has 76 heavy (non-hydrogen) atoms. The first-order valence-corrected chi connectivity index (χ1v) is 28.4. The van der Waals surface area contributed by atoms with Crippen LogP contribution in [0.5, 0.6) is 0 Å². The first-order chi connectivity index (χ1) is 37.3. The Morgan fingerprint density at radius 1 is 0.329 bits per heavy atom. The van der Waals surface area contributed by atoms with Crippen molar-refractivity contribution < 1.29 is 0 Å². The zero-order chi connectivity index (χ0) is 51.3. The van der Waals surface area contributed by atoms with Crippen LogP contribution in [0.3, 0.4) is 0 Å². The summed E-state index contributed by atoms with van der Waals surface area (Å²) in [5.41, 5.74) is 19.9. The summed E-state index contributed by atoms with van der Waals surface area (Å²) >= 11 is 3.80. The minimum Gasteiger partial charge on any atom is -0.309 e. The number of anilines is 6. The highest BCUT2D eigenvalue weighted by Gasteiger charge is 2.27. The Balaban J connectivity index is 0.983. The number of hydrogen-bond acceptors (Lipinski definition) is 4. The Labute approximate surface area is 452 Å². The molecule has 0 aliphatic rings. The average molecular weight is 1010 g/mol. The van der Waals surface area contributed by atoms with Gasteiger partial charge >= 0.3 is 0 Å². The first-order valence-electron chi connectivity index (χ1n) is 26.8. The van der Waals surface area contributed by atoms with Crippen molar-refractivity contribution in [2.75, 3.05) is 9.80 Å². The molecule has 0 amide bonds. The van der Waals surface area contributed by atoms with Crippen LogP contribution in [0.4, 0.5) is 34.1 Å². The second kappa shape index (κ2) is 18.2. The molecule has 14 rings (SSSR count). The molecule has 12 aromatic carbocycles. The molecule has 2 nitrogen and oxygen atoms in total. The van der Waals surface area contributed by atoms with Crippen LogP contribution in [-0.4, -0.2) is 0 Å². The number of aryl methyl sites for hydroxylation is 6. The van der Waals surface area contributed by atoms with Gasteiger partial charge in [0.2, 0.25) is 0 Å². The van der Waals surface area contributed by atoms with E-state index in [-0.39, 0.29) is 0 Å². The molecule has 0 fully saturated rings. The number of rotatable bonds is 10. The monoisotopic (exact) mass is 1010 g/mol. The molecule has 0 bridgehead atoms. The predicted molar refractivity (Wildman–Crippen MR) is 334 cm³/mol. The summed E-state index contributed by atoms with van der Waals surface area (Å²) in [5.74, 6) is 0. The molecule has 0 unspecified atom stereocenters. The van der Waals surface area contributed by atoms with Crippen LogP contribution in [-0.2, 0) is 12.8 Å². The number of para-hydroxylation sites is 2. The van der Waals surface area contributed by atoms with E-state index in [2.05, 4.69) is 258 Å². The summed E-state index contributed by atoms with van der Waals surface area (Å²) in [6.45, 7) is 13.9. The average Bonchev–Trinajstić information content (AvgIpc) is 4.13. The largest absolute Gasteiger partial charge is 0.309 e. The maximum Gasteiger partial charge on any atom is 0.0543 e. The molecule has 0 spiro atoms. The maximum atomic E-state index is 2.56. The number of nitrogens with zero attached hydrogens (tertiary/aromatic N) is 2. The van der Waals surface area contributed by atoms with E-state index in [4.69, 9.17) is 0 Å². The highest BCUT2D eigenvalue weighted by Crippen LogP contribution is 2.52. The molecular formula is C72H56N2S2. The molecule has 2 heterocycles. The molecule has 0 atom stereocenters. The molecule has 0 radical (unpaired) electrons. The standard InChI is InChI=1S/C72H56N2S2/c1-7-47-41-63(73(51-21-11-9-12-22-51)69-43(3)37-49(38-44(69)4)55-27-19-29-59-57-25-15-17-31-65(57)75-71(55)59)61-36-34-54-48(8-2)42-64(62-35-33-53(47)67(61)68(54)62)74(52-23-13-10-14-24-52)70-45(5)39-50(40-46(70)6)56-28-20-30-60-58-26-16-18-32-66(58)76-72(56)60/h9-42H,7-8H2,1-6H3. The third-order valence-corrected chi connectivity index (χ3v) is 18.6. The zero-order valence-corrected chi connectivity index (χ0v) is 45.4. The minimum atomic E-state index is 0.906. The van der Waals surface area contributed by atoms with E-state index in [1.807, 2.05) is 22.7 Å². The lowest BCUT2D eigenvalue weighted by atomic mass is 9.86. The molecule has 14 aromatic rings. The molecule has 0 saturated heterocycles. The lowest BCUT2D eigenvalue weighted by Gasteiger charge is -2.33. The van der Waals surface area contributed by atoms with Gasteiger partial charge in [0, 0.05) is 62.5 Å². The smallest absolute Gasteiger partial charge is 0.0543 e. The second-order valence-corrected chi connectivity index (χ2v) is 22.8. The van der Waals surface area contributed by atoms with Gasteiger partial charge in [-0.3, -0.25) is 0 Å². The van der Waals surface area contributed by atoms with Crippen molar-refractivity contribution in [1.82, 2.24) is 0 Å². The van der Waals surface area contributed by atoms with Crippen molar-refractivity contribution >= 4 is 129 Å². The molecule has 0 saturated carbocycles. The lowest BCUT2D eigenvalue weighted by Crippen LogP contribution is -2.15. The van der Waals surface area contributed by atoms with Gasteiger partial charge < -0.3 is 9.80 Å². The summed E-state index contributed by atoms with van der Waals surface area (Å²) < 4.78 is 5.34. The van der Waals surface area contributed by atoms with E-state index >= 15 is 0 Å². The second-order valence-electron chi connectivity index (χ2n) is 20.7. The van der Waals surface area contributed by atoms with Gasteiger partial charge in [0.25, 0.3) is 0 Å². The topological polar surface area (TPSA) is 6.48 Å². The Hall–Kier alpha value is -8.28. The molecule has 0 aliphatic carbocycles. The lowest BCUT2D eigenvalue weighted by molar-refractivity contribution is 1.15. The number of thiophene rings is 2. The predicted octanol–water partition coefficient (Wildman–Crippen LogP) is 22.0. The van der Waals surface area contributed by atoms with Gasteiger partial charge in [-0.05, 0) is 191 Å². The molecule has 0 aliphatic heterocycles. The van der Waals surface area contributed by atoms with Crippen molar-refractivity contribution in [3.8, 4) is 22.3 Å². The molecule has 0 N–H and O–H groups in total. The summed E-state index contributed by atoms with van der Waals surface area (Å²) in [5, 5.41) is 13.1. The van der Waals surface area contributed by atoms with E-state index in [9.17, 15) is 0 Å². The third kappa shape index (κ3) is 7.19. The third-order valence-electron chi connectivity index (χ3n) is 16.2. The van der Waals surface area contributed by atoms with Crippen molar-refractivity contribution in [1.29, 1.82) is 0 Å². The van der Waals surface area contributed by atoms with E-state index in [0.717, 1.165) is 24.2 Å². The number of fused-ring (bicyclic) bond motifs is 6. The van der Waals surface area contributed by atoms with Gasteiger partial charge in [0.05, 0.1) is 22.7 Å². The Kier molecular flexibility index (Phi) is 11.1. The van der Waals surface area contributed by atoms with Crippen LogP contribution in [0, 0.1) is 27.7 Å². The highest BCUT2D eigenvalue weighted by atomic mass is 32.1. The van der Waals surface area contributed by atoms with Gasteiger partial charge in [-0.1, -0.05) is 147 Å². The van der Waals surface area contributed by atoms with Gasteiger partial charge in [-0.25, -0.2) is 0 Å². The first kappa shape index (κ1) is 46.3. The van der Waals surface area contributed by atoms with Crippen LogP contribution in [0.15, 0.2) is 206 Å². The van der Waals surface area contributed by atoms with Crippen LogP contribution in [0.1, 0.15) is 47.2 Å². The fourth-order valence-corrected chi connectivity index (χ4v) is 15.3. The Bertz CT molecular complexity index is 4260. The van der Waals surface area contributed by atoms with Gasteiger partial charge in [-0.2, -0.15) is 0 Å². The van der Waals surface area contributed by atoms with Gasteiger partial charge in [0.15, 0.2) is 0 Å². The van der Waals surface area contributed by atoms with E-state index < -0.39 is 0 Å². The van der Waals surface area contributed by atoms with E-state index in [1.54, 1.807) is 0 Å². The van der Waals surface area contributed by atoms with Crippen LogP contribution in [0.25, 0.3) is 94.9 Å². The van der Waals surface area contributed by atoms with E-state index in [0.29, 0.717) is 0 Å². The number of hydrogen-bond donors (Lipinski definition) is 0. The highest BCUT2D eigenvalue weighted by molar-refractivity contribution is 7.26. The fourth-order valence-electron chi connectivity index (χ4n) is 12.9. The molecule has 2 aromatic heterocycles. The molecular weight excluding hydrogens is 957 g/mol. The number of benzene rings is 12. The van der Waals surface area contributed by atoms with Gasteiger partial charge in [0.1, 0.15) is 0 Å². The van der Waals surface area contributed by atoms with Crippen molar-refractivity contribution in [3.63, 3.8) is 0 Å². The van der Waals surface area contributed by atoms with Crippen LogP contribution in [0.2, 0.25) is 0 Å². The summed E-state index contributed by atoms with van der Waals surface area (Å²) in [4.78, 5) is 5.12. The van der Waals surface area contributed by atoms with Crippen LogP contribution < -0.4 is 9.80 Å². The Morgan fingerprint density at radius 3 is 1.08 bits per heavy atom. The normalized spacial score (nSPS) is 11.9. The summed E-state index contributed by atoms with van der Waals surface area (Å²) in [6.07, 6.45) is 1.81.